The van der Waals surface area contributed by atoms with Gasteiger partial charge in [-0.25, -0.2) is 4.79 Å². The van der Waals surface area contributed by atoms with E-state index < -0.39 is 6.10 Å². The standard InChI is InChI=1S/C7H12O2.C6H14O3/c1-3-5-6-9-7(8)4-2;1-5(8)4-9-6(2)3-7/h4H,2-3,5-6H2,1H3;5-8H,3-4H2,1-2H3. The minimum atomic E-state index is -0.445. The van der Waals surface area contributed by atoms with Crippen LogP contribution in [0.15, 0.2) is 12.7 Å². The SMILES string of the molecule is C=CC(=O)OCCCC.CC(O)COC(C)CO. The zero-order valence-electron chi connectivity index (χ0n) is 11.6. The van der Waals surface area contributed by atoms with Crippen molar-refractivity contribution in [3.63, 3.8) is 0 Å². The summed E-state index contributed by atoms with van der Waals surface area (Å²) in [7, 11) is 0. The van der Waals surface area contributed by atoms with Crippen molar-refractivity contribution in [1.82, 2.24) is 0 Å². The van der Waals surface area contributed by atoms with Gasteiger partial charge < -0.3 is 19.7 Å². The molecule has 0 heterocycles. The monoisotopic (exact) mass is 262 g/mol. The number of hydrogen-bond donors (Lipinski definition) is 2. The molecule has 0 aliphatic heterocycles. The van der Waals surface area contributed by atoms with Gasteiger partial charge in [-0.1, -0.05) is 19.9 Å². The Labute approximate surface area is 109 Å². The Morgan fingerprint density at radius 3 is 2.44 bits per heavy atom. The highest BCUT2D eigenvalue weighted by molar-refractivity contribution is 5.81. The van der Waals surface area contributed by atoms with Crippen LogP contribution in [-0.4, -0.2) is 48.2 Å². The highest BCUT2D eigenvalue weighted by Gasteiger charge is 2.00. The van der Waals surface area contributed by atoms with Crippen LogP contribution < -0.4 is 0 Å². The molecule has 0 saturated heterocycles. The minimum absolute atomic E-state index is 0.00667. The van der Waals surface area contributed by atoms with Crippen molar-refractivity contribution < 1.29 is 24.5 Å². The molecule has 5 heteroatoms. The summed E-state index contributed by atoms with van der Waals surface area (Å²) < 4.78 is 9.63. The Balaban J connectivity index is 0. The third-order valence-corrected chi connectivity index (χ3v) is 1.79. The van der Waals surface area contributed by atoms with Gasteiger partial charge in [-0.2, -0.15) is 0 Å². The molecule has 0 fully saturated rings. The molecule has 0 bridgehead atoms. The molecule has 108 valence electrons. The average Bonchev–Trinajstić information content (AvgIpc) is 2.36. The first-order valence-corrected chi connectivity index (χ1v) is 6.17. The van der Waals surface area contributed by atoms with Crippen LogP contribution in [0.2, 0.25) is 0 Å². The number of carbonyl (C=O) groups is 1. The van der Waals surface area contributed by atoms with Crippen LogP contribution in [0.1, 0.15) is 33.6 Å². The van der Waals surface area contributed by atoms with E-state index in [0.29, 0.717) is 13.2 Å². The van der Waals surface area contributed by atoms with E-state index in [4.69, 9.17) is 14.9 Å². The van der Waals surface area contributed by atoms with Crippen molar-refractivity contribution in [2.45, 2.75) is 45.8 Å². The normalized spacial score (nSPS) is 12.9. The summed E-state index contributed by atoms with van der Waals surface area (Å²) in [4.78, 5) is 10.3. The van der Waals surface area contributed by atoms with E-state index in [1.165, 1.54) is 6.08 Å². The van der Waals surface area contributed by atoms with Gasteiger partial charge in [0.2, 0.25) is 0 Å². The number of hydrogen-bond acceptors (Lipinski definition) is 5. The van der Waals surface area contributed by atoms with Crippen LogP contribution in [0.4, 0.5) is 0 Å². The molecule has 0 aromatic rings. The van der Waals surface area contributed by atoms with E-state index >= 15 is 0 Å². The molecule has 0 amide bonds. The highest BCUT2D eigenvalue weighted by atomic mass is 16.5. The van der Waals surface area contributed by atoms with E-state index in [1.807, 2.05) is 6.92 Å². The van der Waals surface area contributed by atoms with Crippen molar-refractivity contribution in [2.75, 3.05) is 19.8 Å². The second kappa shape index (κ2) is 14.2. The molecule has 2 atom stereocenters. The van der Waals surface area contributed by atoms with Crippen LogP contribution in [-0.2, 0) is 14.3 Å². The number of ether oxygens (including phenoxy) is 2. The molecule has 0 aromatic heterocycles. The molecule has 2 unspecified atom stereocenters. The maximum Gasteiger partial charge on any atom is 0.330 e. The number of unbranched alkanes of at least 4 members (excludes halogenated alkanes) is 1. The molecule has 0 aliphatic rings. The minimum Gasteiger partial charge on any atom is -0.463 e. The molecule has 0 rings (SSSR count). The first kappa shape index (κ1) is 19.4. The van der Waals surface area contributed by atoms with Crippen LogP contribution >= 0.6 is 0 Å². The first-order valence-electron chi connectivity index (χ1n) is 6.17. The van der Waals surface area contributed by atoms with Gasteiger partial charge in [0.05, 0.1) is 32.0 Å². The Kier molecular flexibility index (Phi) is 15.3. The molecule has 2 N–H and O–H groups in total. The Morgan fingerprint density at radius 1 is 1.44 bits per heavy atom. The van der Waals surface area contributed by atoms with E-state index in [9.17, 15) is 4.79 Å². The summed E-state index contributed by atoms with van der Waals surface area (Å²) >= 11 is 0. The number of carbonyl (C=O) groups excluding carboxylic acids is 1. The maximum atomic E-state index is 10.3. The molecule has 0 radical (unpaired) electrons. The molecular weight excluding hydrogens is 236 g/mol. The lowest BCUT2D eigenvalue weighted by Gasteiger charge is -2.10. The van der Waals surface area contributed by atoms with E-state index in [0.717, 1.165) is 12.8 Å². The quantitative estimate of drug-likeness (QED) is 0.391. The van der Waals surface area contributed by atoms with Gasteiger partial charge in [0.25, 0.3) is 0 Å². The van der Waals surface area contributed by atoms with Crippen molar-refractivity contribution in [2.24, 2.45) is 0 Å². The average molecular weight is 262 g/mol. The van der Waals surface area contributed by atoms with E-state index in [2.05, 4.69) is 11.3 Å². The van der Waals surface area contributed by atoms with Gasteiger partial charge in [-0.3, -0.25) is 0 Å². The largest absolute Gasteiger partial charge is 0.463 e. The summed E-state index contributed by atoms with van der Waals surface area (Å²) in [5, 5.41) is 17.1. The van der Waals surface area contributed by atoms with Crippen LogP contribution in [0, 0.1) is 0 Å². The fourth-order valence-corrected chi connectivity index (χ4v) is 0.732. The third-order valence-electron chi connectivity index (χ3n) is 1.79. The van der Waals surface area contributed by atoms with Crippen LogP contribution in [0.5, 0.6) is 0 Å². The maximum absolute atomic E-state index is 10.3. The van der Waals surface area contributed by atoms with Crippen molar-refractivity contribution in [3.05, 3.63) is 12.7 Å². The van der Waals surface area contributed by atoms with Crippen molar-refractivity contribution in [3.8, 4) is 0 Å². The first-order chi connectivity index (χ1) is 8.47. The number of rotatable bonds is 8. The third kappa shape index (κ3) is 17.5. The zero-order chi connectivity index (χ0) is 14.4. The summed E-state index contributed by atoms with van der Waals surface area (Å²) in [5.74, 6) is -0.330. The Bertz CT molecular complexity index is 204. The predicted octanol–water partition coefficient (Wildman–Crippen LogP) is 1.28. The molecule has 0 aliphatic carbocycles. The molecular formula is C13H26O5. The van der Waals surface area contributed by atoms with Gasteiger partial charge in [0, 0.05) is 6.08 Å². The number of aliphatic hydroxyl groups excluding tert-OH is 2. The fraction of sp³-hybridized carbons (Fsp3) is 0.769. The number of esters is 1. The zero-order valence-corrected chi connectivity index (χ0v) is 11.6. The molecule has 18 heavy (non-hydrogen) atoms. The second-order valence-electron chi connectivity index (χ2n) is 3.90. The van der Waals surface area contributed by atoms with Crippen LogP contribution in [0.25, 0.3) is 0 Å². The van der Waals surface area contributed by atoms with Gasteiger partial charge in [-0.05, 0) is 20.3 Å². The Hall–Kier alpha value is -0.910. The molecule has 0 aromatic carbocycles. The summed E-state index contributed by atoms with van der Waals surface area (Å²) in [6, 6.07) is 0. The second-order valence-corrected chi connectivity index (χ2v) is 3.90. The lowest BCUT2D eigenvalue weighted by molar-refractivity contribution is -0.137. The molecule has 0 spiro atoms. The molecule has 5 nitrogen and oxygen atoms in total. The summed E-state index contributed by atoms with van der Waals surface area (Å²) in [6.07, 6.45) is 2.54. The van der Waals surface area contributed by atoms with Crippen LogP contribution in [0.3, 0.4) is 0 Å². The summed E-state index contributed by atoms with van der Waals surface area (Å²) in [6.45, 7) is 9.52. The van der Waals surface area contributed by atoms with E-state index in [1.54, 1.807) is 13.8 Å². The highest BCUT2D eigenvalue weighted by Crippen LogP contribution is 1.90. The van der Waals surface area contributed by atoms with Gasteiger partial charge >= 0.3 is 5.97 Å². The smallest absolute Gasteiger partial charge is 0.330 e. The van der Waals surface area contributed by atoms with Crippen molar-refractivity contribution >= 4 is 5.97 Å². The van der Waals surface area contributed by atoms with Crippen molar-refractivity contribution in [1.29, 1.82) is 0 Å². The summed E-state index contributed by atoms with van der Waals surface area (Å²) in [5.41, 5.74) is 0. The fourth-order valence-electron chi connectivity index (χ4n) is 0.732. The predicted molar refractivity (Wildman–Crippen MR) is 70.2 cm³/mol. The number of aliphatic hydroxyl groups is 2. The topological polar surface area (TPSA) is 76.0 Å². The van der Waals surface area contributed by atoms with Gasteiger partial charge in [0.1, 0.15) is 0 Å². The van der Waals surface area contributed by atoms with Gasteiger partial charge in [0.15, 0.2) is 0 Å². The van der Waals surface area contributed by atoms with E-state index in [-0.39, 0.29) is 18.7 Å². The lowest BCUT2D eigenvalue weighted by atomic mass is 10.4. The lowest BCUT2D eigenvalue weighted by Crippen LogP contribution is -2.19. The Morgan fingerprint density at radius 2 is 2.06 bits per heavy atom. The van der Waals surface area contributed by atoms with Gasteiger partial charge in [-0.15, -0.1) is 0 Å². The molecule has 0 saturated carbocycles.